The molecule has 0 aliphatic carbocycles. The van der Waals surface area contributed by atoms with Crippen LogP contribution in [0.25, 0.3) is 0 Å². The quantitative estimate of drug-likeness (QED) is 0.230. The first-order valence-electron chi connectivity index (χ1n) is 7.20. The number of halogens is 1. The standard InChI is InChI=1S/C13H29ClO3Si3/c1-11(2)9-19-16-13(17-20-10-12(3)4)8-15-18-7-5-6-14/h9-10,13H,5-8,18-20H2,1-4H3. The molecular formula is C13H29ClO3Si3. The maximum Gasteiger partial charge on any atom is 0.188 e. The van der Waals surface area contributed by atoms with Gasteiger partial charge in [-0.05, 0) is 40.2 Å². The lowest BCUT2D eigenvalue weighted by Gasteiger charge is -2.18. The fourth-order valence-electron chi connectivity index (χ4n) is 1.27. The van der Waals surface area contributed by atoms with Gasteiger partial charge in [0.15, 0.2) is 35.6 Å². The fraction of sp³-hybridized carbons (Fsp3) is 0.692. The summed E-state index contributed by atoms with van der Waals surface area (Å²) in [5, 5.41) is 0. The summed E-state index contributed by atoms with van der Waals surface area (Å²) in [5.41, 5.74) is 7.02. The van der Waals surface area contributed by atoms with Gasteiger partial charge in [-0.2, -0.15) is 0 Å². The zero-order valence-electron chi connectivity index (χ0n) is 13.3. The van der Waals surface area contributed by atoms with Crippen molar-refractivity contribution < 1.29 is 13.3 Å². The van der Waals surface area contributed by atoms with E-state index in [-0.39, 0.29) is 6.29 Å². The molecule has 0 rings (SSSR count). The normalized spacial score (nSPS) is 13.8. The summed E-state index contributed by atoms with van der Waals surface area (Å²) in [5.74, 6) is 0.730. The second-order valence-electron chi connectivity index (χ2n) is 5.13. The predicted molar refractivity (Wildman–Crippen MR) is 96.5 cm³/mol. The molecule has 0 aromatic carbocycles. The Morgan fingerprint density at radius 2 is 1.60 bits per heavy atom. The third-order valence-corrected chi connectivity index (χ3v) is 7.15. The lowest BCUT2D eigenvalue weighted by Crippen LogP contribution is -2.27. The molecule has 0 aliphatic heterocycles. The van der Waals surface area contributed by atoms with E-state index in [0.717, 1.165) is 18.3 Å². The Kier molecular flexibility index (Phi) is 14.5. The number of hydrogen-bond donors (Lipinski definition) is 0. The summed E-state index contributed by atoms with van der Waals surface area (Å²) in [6, 6.07) is 1.13. The van der Waals surface area contributed by atoms with Gasteiger partial charge in [-0.1, -0.05) is 22.5 Å². The third kappa shape index (κ3) is 14.7. The van der Waals surface area contributed by atoms with Gasteiger partial charge in [0, 0.05) is 5.88 Å². The molecule has 118 valence electrons. The highest BCUT2D eigenvalue weighted by Crippen LogP contribution is 1.99. The van der Waals surface area contributed by atoms with Gasteiger partial charge in [-0.15, -0.1) is 11.6 Å². The van der Waals surface area contributed by atoms with Crippen molar-refractivity contribution in [2.75, 3.05) is 12.5 Å². The lowest BCUT2D eigenvalue weighted by atomic mass is 10.4. The Morgan fingerprint density at radius 3 is 2.05 bits per heavy atom. The highest BCUT2D eigenvalue weighted by atomic mass is 35.5. The first-order chi connectivity index (χ1) is 9.56. The molecule has 3 nitrogen and oxygen atoms in total. The highest BCUT2D eigenvalue weighted by Gasteiger charge is 2.08. The predicted octanol–water partition coefficient (Wildman–Crippen LogP) is 1.51. The highest BCUT2D eigenvalue weighted by molar-refractivity contribution is 6.35. The van der Waals surface area contributed by atoms with E-state index < -0.39 is 29.3 Å². The van der Waals surface area contributed by atoms with E-state index in [2.05, 4.69) is 39.1 Å². The van der Waals surface area contributed by atoms with Gasteiger partial charge in [0.05, 0.1) is 6.61 Å². The molecule has 0 aromatic rings. The Bertz CT molecular complexity index is 269. The van der Waals surface area contributed by atoms with Crippen molar-refractivity contribution in [1.82, 2.24) is 0 Å². The zero-order valence-corrected chi connectivity index (χ0v) is 18.3. The van der Waals surface area contributed by atoms with Gasteiger partial charge in [0.1, 0.15) is 0 Å². The molecular weight excluding hydrogens is 324 g/mol. The molecule has 0 saturated heterocycles. The molecule has 0 fully saturated rings. The maximum absolute atomic E-state index is 5.86. The smallest absolute Gasteiger partial charge is 0.188 e. The minimum absolute atomic E-state index is 0.164. The van der Waals surface area contributed by atoms with Gasteiger partial charge >= 0.3 is 0 Å². The summed E-state index contributed by atoms with van der Waals surface area (Å²) in [6.07, 6.45) is 0.891. The summed E-state index contributed by atoms with van der Waals surface area (Å²) in [6.45, 7) is 8.97. The van der Waals surface area contributed by atoms with Crippen molar-refractivity contribution in [1.29, 1.82) is 0 Å². The summed E-state index contributed by atoms with van der Waals surface area (Å²) < 4.78 is 17.5. The molecule has 0 radical (unpaired) electrons. The van der Waals surface area contributed by atoms with Gasteiger partial charge < -0.3 is 13.3 Å². The molecule has 0 atom stereocenters. The van der Waals surface area contributed by atoms with Crippen LogP contribution in [0.4, 0.5) is 0 Å². The monoisotopic (exact) mass is 352 g/mol. The maximum atomic E-state index is 5.86. The van der Waals surface area contributed by atoms with E-state index in [1.807, 2.05) is 0 Å². The Morgan fingerprint density at radius 1 is 1.05 bits per heavy atom. The number of hydrogen-bond acceptors (Lipinski definition) is 3. The molecule has 20 heavy (non-hydrogen) atoms. The van der Waals surface area contributed by atoms with Gasteiger partial charge in [-0.3, -0.25) is 0 Å². The van der Waals surface area contributed by atoms with Crippen LogP contribution in [0.3, 0.4) is 0 Å². The average Bonchev–Trinajstić information content (AvgIpc) is 2.37. The van der Waals surface area contributed by atoms with Crippen LogP contribution in [0.5, 0.6) is 0 Å². The second-order valence-corrected chi connectivity index (χ2v) is 9.18. The zero-order chi connectivity index (χ0) is 15.2. The fourth-order valence-corrected chi connectivity index (χ4v) is 4.66. The number of alkyl halides is 1. The molecule has 0 unspecified atom stereocenters. The molecule has 0 bridgehead atoms. The topological polar surface area (TPSA) is 27.7 Å². The van der Waals surface area contributed by atoms with Crippen molar-refractivity contribution in [3.63, 3.8) is 0 Å². The summed E-state index contributed by atoms with van der Waals surface area (Å²) in [4.78, 5) is 0. The van der Waals surface area contributed by atoms with E-state index >= 15 is 0 Å². The van der Waals surface area contributed by atoms with Crippen LogP contribution in [-0.2, 0) is 13.3 Å². The van der Waals surface area contributed by atoms with Crippen molar-refractivity contribution in [3.8, 4) is 0 Å². The third-order valence-electron chi connectivity index (χ3n) is 2.47. The average molecular weight is 353 g/mol. The van der Waals surface area contributed by atoms with Crippen LogP contribution in [0.1, 0.15) is 34.1 Å². The van der Waals surface area contributed by atoms with Crippen molar-refractivity contribution in [2.45, 2.75) is 46.4 Å². The van der Waals surface area contributed by atoms with Crippen LogP contribution in [-0.4, -0.2) is 48.1 Å². The van der Waals surface area contributed by atoms with Gasteiger partial charge in [0.25, 0.3) is 0 Å². The van der Waals surface area contributed by atoms with E-state index in [0.29, 0.717) is 6.61 Å². The molecule has 0 heterocycles. The molecule has 0 aromatic heterocycles. The number of allylic oxidation sites excluding steroid dienone is 2. The van der Waals surface area contributed by atoms with E-state index in [1.165, 1.54) is 11.1 Å². The molecule has 0 saturated carbocycles. The van der Waals surface area contributed by atoms with Crippen LogP contribution in [0.15, 0.2) is 22.5 Å². The van der Waals surface area contributed by atoms with Crippen molar-refractivity contribution >= 4 is 40.9 Å². The first-order valence-corrected chi connectivity index (χ1v) is 12.1. The van der Waals surface area contributed by atoms with Crippen LogP contribution >= 0.6 is 11.6 Å². The Balaban J connectivity index is 3.97. The van der Waals surface area contributed by atoms with Crippen LogP contribution < -0.4 is 0 Å². The minimum atomic E-state index is -0.646. The Hall–Kier alpha value is 0.301. The van der Waals surface area contributed by atoms with Gasteiger partial charge in [-0.25, -0.2) is 0 Å². The molecule has 0 aliphatic rings. The van der Waals surface area contributed by atoms with Gasteiger partial charge in [0.2, 0.25) is 0 Å². The molecule has 0 amide bonds. The van der Waals surface area contributed by atoms with E-state index in [1.54, 1.807) is 0 Å². The SMILES string of the molecule is CC(C)=C[SiH2]OC(CO[SiH2]CCCCl)O[SiH2]C=C(C)C. The van der Waals surface area contributed by atoms with Crippen molar-refractivity contribution in [3.05, 3.63) is 22.5 Å². The molecule has 0 spiro atoms. The van der Waals surface area contributed by atoms with E-state index in [4.69, 9.17) is 24.9 Å². The van der Waals surface area contributed by atoms with Crippen molar-refractivity contribution in [2.24, 2.45) is 0 Å². The van der Waals surface area contributed by atoms with Crippen LogP contribution in [0.2, 0.25) is 6.04 Å². The summed E-state index contributed by atoms with van der Waals surface area (Å²) >= 11 is 5.65. The largest absolute Gasteiger partial charge is 0.419 e. The molecule has 0 N–H and O–H groups in total. The Labute approximate surface area is 135 Å². The first kappa shape index (κ1) is 20.3. The minimum Gasteiger partial charge on any atom is -0.419 e. The second kappa shape index (κ2) is 14.2. The van der Waals surface area contributed by atoms with Crippen LogP contribution in [0, 0.1) is 0 Å². The lowest BCUT2D eigenvalue weighted by molar-refractivity contribution is -0.0218. The summed E-state index contributed by atoms with van der Waals surface area (Å²) in [7, 11) is -1.76. The molecule has 7 heteroatoms. The number of rotatable bonds is 12. The van der Waals surface area contributed by atoms with E-state index in [9.17, 15) is 0 Å².